The van der Waals surface area contributed by atoms with Crippen molar-refractivity contribution in [3.63, 3.8) is 0 Å². The van der Waals surface area contributed by atoms with Gasteiger partial charge in [-0.05, 0) is 12.1 Å². The molecule has 2 N–H and O–H groups in total. The summed E-state index contributed by atoms with van der Waals surface area (Å²) in [6, 6.07) is 7.39. The van der Waals surface area contributed by atoms with Gasteiger partial charge >= 0.3 is 0 Å². The van der Waals surface area contributed by atoms with Crippen LogP contribution >= 0.6 is 11.6 Å². The van der Waals surface area contributed by atoms with Crippen LogP contribution in [0.15, 0.2) is 24.3 Å². The highest BCUT2D eigenvalue weighted by molar-refractivity contribution is 6.29. The molecule has 0 unspecified atom stereocenters. The number of aromatic nitrogens is 2. The maximum atomic E-state index is 5.87. The van der Waals surface area contributed by atoms with E-state index in [1.807, 2.05) is 18.2 Å². The van der Waals surface area contributed by atoms with Gasteiger partial charge in [0, 0.05) is 31.3 Å². The zero-order chi connectivity index (χ0) is 15.2. The van der Waals surface area contributed by atoms with Crippen molar-refractivity contribution in [1.82, 2.24) is 10.2 Å². The quantitative estimate of drug-likeness (QED) is 0.855. The molecule has 0 atom stereocenters. The third-order valence-corrected chi connectivity index (χ3v) is 3.15. The molecule has 0 amide bonds. The summed E-state index contributed by atoms with van der Waals surface area (Å²) in [7, 11) is 5.02. The number of benzene rings is 1. The van der Waals surface area contributed by atoms with Crippen molar-refractivity contribution in [2.75, 3.05) is 31.9 Å². The van der Waals surface area contributed by atoms with Crippen LogP contribution in [-0.4, -0.2) is 31.5 Å². The van der Waals surface area contributed by atoms with Gasteiger partial charge in [-0.1, -0.05) is 11.6 Å². The summed E-state index contributed by atoms with van der Waals surface area (Å²) in [6.07, 6.45) is 0. The molecule has 0 saturated carbocycles. The lowest BCUT2D eigenvalue weighted by molar-refractivity contribution is 0.391. The summed E-state index contributed by atoms with van der Waals surface area (Å²) in [5, 5.41) is 14.3. The van der Waals surface area contributed by atoms with Crippen molar-refractivity contribution >= 4 is 23.1 Å². The molecule has 1 aromatic carbocycles. The van der Waals surface area contributed by atoms with Crippen LogP contribution in [0.4, 0.5) is 11.5 Å². The maximum absolute atomic E-state index is 5.87. The summed E-state index contributed by atoms with van der Waals surface area (Å²) < 4.78 is 10.5. The number of nitrogens with zero attached hydrogens (tertiary/aromatic N) is 2. The number of methoxy groups -OCH3 is 2. The minimum atomic E-state index is 0.332. The number of hydrogen-bond donors (Lipinski definition) is 2. The van der Waals surface area contributed by atoms with Crippen LogP contribution in [0.1, 0.15) is 5.56 Å². The number of ether oxygens (including phenoxy) is 2. The lowest BCUT2D eigenvalue weighted by Gasteiger charge is -2.13. The van der Waals surface area contributed by atoms with Gasteiger partial charge in [-0.25, -0.2) is 0 Å². The highest BCUT2D eigenvalue weighted by Gasteiger charge is 2.08. The fourth-order valence-corrected chi connectivity index (χ4v) is 2.02. The average Bonchev–Trinajstić information content (AvgIpc) is 2.52. The van der Waals surface area contributed by atoms with E-state index in [1.54, 1.807) is 27.3 Å². The second-order valence-electron chi connectivity index (χ2n) is 4.21. The molecule has 2 aromatic rings. The van der Waals surface area contributed by atoms with Gasteiger partial charge in [-0.2, -0.15) is 0 Å². The van der Waals surface area contributed by atoms with Crippen molar-refractivity contribution in [1.29, 1.82) is 0 Å². The Hall–Kier alpha value is -2.21. The highest BCUT2D eigenvalue weighted by Crippen LogP contribution is 2.27. The number of hydrogen-bond acceptors (Lipinski definition) is 6. The van der Waals surface area contributed by atoms with Gasteiger partial charge < -0.3 is 20.1 Å². The van der Waals surface area contributed by atoms with Crippen molar-refractivity contribution in [3.05, 3.63) is 35.0 Å². The summed E-state index contributed by atoms with van der Waals surface area (Å²) >= 11 is 5.87. The molecule has 0 spiro atoms. The predicted octanol–water partition coefficient (Wildman–Crippen LogP) is 2.80. The fraction of sp³-hybridized carbons (Fsp3) is 0.286. The van der Waals surface area contributed by atoms with Gasteiger partial charge in [0.1, 0.15) is 11.5 Å². The first-order valence-electron chi connectivity index (χ1n) is 6.33. The van der Waals surface area contributed by atoms with E-state index in [4.69, 9.17) is 21.1 Å². The first-order valence-corrected chi connectivity index (χ1v) is 6.71. The third-order valence-electron chi connectivity index (χ3n) is 2.96. The third kappa shape index (κ3) is 3.66. The molecule has 0 aliphatic carbocycles. The van der Waals surface area contributed by atoms with Crippen LogP contribution in [0.5, 0.6) is 11.5 Å². The van der Waals surface area contributed by atoms with E-state index < -0.39 is 0 Å². The number of anilines is 2. The van der Waals surface area contributed by atoms with E-state index in [0.29, 0.717) is 17.5 Å². The van der Waals surface area contributed by atoms with Crippen molar-refractivity contribution in [2.24, 2.45) is 0 Å². The van der Waals surface area contributed by atoms with Crippen LogP contribution in [0.25, 0.3) is 0 Å². The molecule has 112 valence electrons. The number of rotatable bonds is 6. The molecule has 0 saturated heterocycles. The van der Waals surface area contributed by atoms with Crippen LogP contribution in [0, 0.1) is 0 Å². The summed E-state index contributed by atoms with van der Waals surface area (Å²) in [4.78, 5) is 0. The SMILES string of the molecule is CNc1nnc(Cl)cc1NCc1ccc(OC)cc1OC. The summed E-state index contributed by atoms with van der Waals surface area (Å²) in [5.74, 6) is 2.13. The molecule has 0 bridgehead atoms. The highest BCUT2D eigenvalue weighted by atomic mass is 35.5. The Morgan fingerprint density at radius 3 is 2.62 bits per heavy atom. The Labute approximate surface area is 128 Å². The van der Waals surface area contributed by atoms with E-state index in [2.05, 4.69) is 20.8 Å². The predicted molar refractivity (Wildman–Crippen MR) is 83.5 cm³/mol. The van der Waals surface area contributed by atoms with E-state index in [-0.39, 0.29) is 0 Å². The smallest absolute Gasteiger partial charge is 0.171 e. The maximum Gasteiger partial charge on any atom is 0.171 e. The largest absolute Gasteiger partial charge is 0.497 e. The molecular weight excluding hydrogens is 292 g/mol. The molecule has 1 aromatic heterocycles. The summed E-state index contributed by atoms with van der Waals surface area (Å²) in [5.41, 5.74) is 1.77. The molecule has 0 aliphatic rings. The number of halogens is 1. The Kier molecular flexibility index (Phi) is 5.05. The van der Waals surface area contributed by atoms with Gasteiger partial charge in [-0.15, -0.1) is 10.2 Å². The number of nitrogens with one attached hydrogen (secondary N) is 2. The lowest BCUT2D eigenvalue weighted by atomic mass is 10.2. The van der Waals surface area contributed by atoms with Gasteiger partial charge in [0.05, 0.1) is 19.9 Å². The molecule has 0 aliphatic heterocycles. The second kappa shape index (κ2) is 6.99. The fourth-order valence-electron chi connectivity index (χ4n) is 1.88. The Morgan fingerprint density at radius 2 is 1.95 bits per heavy atom. The van der Waals surface area contributed by atoms with E-state index in [0.717, 1.165) is 22.7 Å². The van der Waals surface area contributed by atoms with E-state index in [9.17, 15) is 0 Å². The monoisotopic (exact) mass is 308 g/mol. The minimum Gasteiger partial charge on any atom is -0.497 e. The summed E-state index contributed by atoms with van der Waals surface area (Å²) in [6.45, 7) is 0.559. The first kappa shape index (κ1) is 15.2. The topological polar surface area (TPSA) is 68.3 Å². The molecule has 0 fully saturated rings. The Bertz CT molecular complexity index is 622. The van der Waals surface area contributed by atoms with Crippen molar-refractivity contribution in [3.8, 4) is 11.5 Å². The van der Waals surface area contributed by atoms with Crippen LogP contribution < -0.4 is 20.1 Å². The van der Waals surface area contributed by atoms with Gasteiger partial charge in [-0.3, -0.25) is 0 Å². The standard InChI is InChI=1S/C14H17ClN4O2/c1-16-14-11(7-13(15)18-19-14)17-8-9-4-5-10(20-2)6-12(9)21-3/h4-7H,8H2,1-3H3,(H,16,19)(H,17,18). The molecule has 0 radical (unpaired) electrons. The van der Waals surface area contributed by atoms with Crippen LogP contribution in [0.3, 0.4) is 0 Å². The van der Waals surface area contributed by atoms with Crippen molar-refractivity contribution < 1.29 is 9.47 Å². The zero-order valence-corrected chi connectivity index (χ0v) is 12.9. The van der Waals surface area contributed by atoms with Gasteiger partial charge in [0.25, 0.3) is 0 Å². The Morgan fingerprint density at radius 1 is 1.14 bits per heavy atom. The molecular formula is C14H17ClN4O2. The second-order valence-corrected chi connectivity index (χ2v) is 4.60. The molecule has 7 heteroatoms. The normalized spacial score (nSPS) is 10.1. The molecule has 2 rings (SSSR count). The molecule has 21 heavy (non-hydrogen) atoms. The first-order chi connectivity index (χ1) is 10.2. The molecule has 6 nitrogen and oxygen atoms in total. The minimum absolute atomic E-state index is 0.332. The van der Waals surface area contributed by atoms with Gasteiger partial charge in [0.2, 0.25) is 0 Å². The van der Waals surface area contributed by atoms with Crippen LogP contribution in [0.2, 0.25) is 5.15 Å². The lowest BCUT2D eigenvalue weighted by Crippen LogP contribution is -2.06. The van der Waals surface area contributed by atoms with E-state index >= 15 is 0 Å². The van der Waals surface area contributed by atoms with Crippen LogP contribution in [-0.2, 0) is 6.54 Å². The zero-order valence-electron chi connectivity index (χ0n) is 12.1. The van der Waals surface area contributed by atoms with Gasteiger partial charge in [0.15, 0.2) is 11.0 Å². The molecule has 1 heterocycles. The average molecular weight is 309 g/mol. The van der Waals surface area contributed by atoms with Crippen molar-refractivity contribution in [2.45, 2.75) is 6.54 Å². The Balaban J connectivity index is 2.18. The van der Waals surface area contributed by atoms with E-state index in [1.165, 1.54) is 0 Å².